The van der Waals surface area contributed by atoms with Crippen molar-refractivity contribution in [2.45, 2.75) is 52.4 Å². The Morgan fingerprint density at radius 2 is 1.56 bits per heavy atom. The SMILES string of the molecule is C=O.CC(C)(C)c1cc(N)no1.CC(C)(C)c1cc(N2CC(Cl)=C(O)C2=O)no1.O=C(O)C(=O)CCl. The van der Waals surface area contributed by atoms with Crippen LogP contribution in [0.4, 0.5) is 11.6 Å². The number of ketones is 1. The van der Waals surface area contributed by atoms with Crippen LogP contribution in [0.3, 0.4) is 0 Å². The summed E-state index contributed by atoms with van der Waals surface area (Å²) in [6.07, 6.45) is 0. The quantitative estimate of drug-likeness (QED) is 0.375. The first kappa shape index (κ1) is 32.6. The van der Waals surface area contributed by atoms with Gasteiger partial charge in [-0.2, -0.15) is 0 Å². The summed E-state index contributed by atoms with van der Waals surface area (Å²) < 4.78 is 10.1. The number of carboxylic acid groups (broad SMARTS) is 1. The van der Waals surface area contributed by atoms with Gasteiger partial charge >= 0.3 is 5.97 Å². The van der Waals surface area contributed by atoms with Crippen LogP contribution in [0.5, 0.6) is 0 Å². The van der Waals surface area contributed by atoms with E-state index < -0.39 is 29.3 Å². The van der Waals surface area contributed by atoms with Crippen molar-refractivity contribution < 1.29 is 38.4 Å². The Hall–Kier alpha value is -3.38. The van der Waals surface area contributed by atoms with Crippen molar-refractivity contribution in [2.24, 2.45) is 0 Å². The van der Waals surface area contributed by atoms with E-state index in [1.807, 2.05) is 48.3 Å². The van der Waals surface area contributed by atoms with Gasteiger partial charge in [-0.1, -0.05) is 63.5 Å². The van der Waals surface area contributed by atoms with Crippen LogP contribution in [0.1, 0.15) is 53.1 Å². The minimum absolute atomic E-state index is 0.00458. The van der Waals surface area contributed by atoms with Crippen molar-refractivity contribution in [1.82, 2.24) is 10.3 Å². The molecule has 4 N–H and O–H groups in total. The number of anilines is 2. The average Bonchev–Trinajstić information content (AvgIpc) is 3.51. The normalized spacial score (nSPS) is 13.1. The zero-order chi connectivity index (χ0) is 28.4. The fraction of sp³-hybridized carbons (Fsp3) is 0.455. The minimum atomic E-state index is -1.48. The van der Waals surface area contributed by atoms with E-state index in [9.17, 15) is 19.5 Å². The van der Waals surface area contributed by atoms with Gasteiger partial charge in [0, 0.05) is 23.0 Å². The van der Waals surface area contributed by atoms with Crippen LogP contribution in [-0.2, 0) is 30.0 Å². The second kappa shape index (κ2) is 13.6. The number of aromatic nitrogens is 2. The summed E-state index contributed by atoms with van der Waals surface area (Å²) in [6, 6.07) is 3.43. The second-order valence-corrected chi connectivity index (χ2v) is 9.90. The first-order valence-corrected chi connectivity index (χ1v) is 11.1. The topological polar surface area (TPSA) is 190 Å². The lowest BCUT2D eigenvalue weighted by Crippen LogP contribution is -2.26. The van der Waals surface area contributed by atoms with Crippen molar-refractivity contribution in [2.75, 3.05) is 23.1 Å². The second-order valence-electron chi connectivity index (χ2n) is 9.17. The summed E-state index contributed by atoms with van der Waals surface area (Å²) in [5, 5.41) is 24.6. The standard InChI is InChI=1S/C11H13ClN2O3.C7H12N2O.C3H3ClO3.CH2O/c1-11(2,3)7-4-8(13-17-7)14-5-6(12)9(15)10(14)16;1-7(2,3)5-4-6(8)9-10-5;4-1-2(5)3(6)7;1-2/h4,15H,5H2,1-3H3;4H,1-3H3,(H2,8,9);1H2,(H,6,7);1H2. The molecule has 0 aliphatic carbocycles. The first-order chi connectivity index (χ1) is 16.5. The number of carbonyl (C=O) groups is 4. The molecule has 200 valence electrons. The fourth-order valence-corrected chi connectivity index (χ4v) is 2.48. The van der Waals surface area contributed by atoms with Crippen LogP contribution >= 0.6 is 23.2 Å². The predicted octanol–water partition coefficient (Wildman–Crippen LogP) is 3.58. The number of nitrogens with zero attached hydrogens (tertiary/aromatic N) is 3. The summed E-state index contributed by atoms with van der Waals surface area (Å²) in [4.78, 5) is 40.2. The molecule has 0 saturated carbocycles. The van der Waals surface area contributed by atoms with Crippen LogP contribution in [0.25, 0.3) is 0 Å². The molecular formula is C22H30Cl2N4O8. The molecule has 0 fully saturated rings. The molecule has 1 amide bonds. The fourth-order valence-electron chi connectivity index (χ4n) is 2.16. The van der Waals surface area contributed by atoms with Gasteiger partial charge in [-0.05, 0) is 0 Å². The number of aliphatic carboxylic acids is 1. The zero-order valence-corrected chi connectivity index (χ0v) is 22.3. The van der Waals surface area contributed by atoms with Crippen LogP contribution in [-0.4, -0.2) is 57.4 Å². The number of nitrogens with two attached hydrogens (primary N) is 1. The molecule has 1 aliphatic heterocycles. The van der Waals surface area contributed by atoms with E-state index in [1.165, 1.54) is 4.90 Å². The highest BCUT2D eigenvalue weighted by Gasteiger charge is 2.33. The van der Waals surface area contributed by atoms with E-state index in [-0.39, 0.29) is 22.4 Å². The Kier molecular flexibility index (Phi) is 12.4. The van der Waals surface area contributed by atoms with Gasteiger partial charge in [-0.3, -0.25) is 14.5 Å². The van der Waals surface area contributed by atoms with Crippen LogP contribution in [0, 0.1) is 0 Å². The molecule has 36 heavy (non-hydrogen) atoms. The molecule has 0 aromatic carbocycles. The van der Waals surface area contributed by atoms with Crippen molar-refractivity contribution in [1.29, 1.82) is 0 Å². The van der Waals surface area contributed by atoms with Gasteiger partial charge in [0.1, 0.15) is 18.3 Å². The van der Waals surface area contributed by atoms with Crippen molar-refractivity contribution >= 4 is 59.3 Å². The smallest absolute Gasteiger partial charge is 0.373 e. The van der Waals surface area contributed by atoms with Crippen molar-refractivity contribution in [3.8, 4) is 0 Å². The number of halogens is 2. The lowest BCUT2D eigenvalue weighted by molar-refractivity contribution is -0.147. The summed E-state index contributed by atoms with van der Waals surface area (Å²) in [6.45, 7) is 14.2. The molecule has 0 radical (unpaired) electrons. The molecule has 0 bridgehead atoms. The van der Waals surface area contributed by atoms with Gasteiger partial charge < -0.3 is 29.8 Å². The maximum Gasteiger partial charge on any atom is 0.373 e. The molecule has 3 heterocycles. The van der Waals surface area contributed by atoms with Crippen LogP contribution in [0.15, 0.2) is 32.0 Å². The molecular weight excluding hydrogens is 519 g/mol. The van der Waals surface area contributed by atoms with E-state index >= 15 is 0 Å². The third-order valence-electron chi connectivity index (χ3n) is 4.14. The predicted molar refractivity (Wildman–Crippen MR) is 133 cm³/mol. The Morgan fingerprint density at radius 3 is 1.81 bits per heavy atom. The highest BCUT2D eigenvalue weighted by atomic mass is 35.5. The molecule has 0 unspecified atom stereocenters. The molecule has 0 saturated heterocycles. The average molecular weight is 549 g/mol. The Bertz CT molecular complexity index is 1080. The van der Waals surface area contributed by atoms with Crippen LogP contribution in [0.2, 0.25) is 0 Å². The maximum absolute atomic E-state index is 11.6. The summed E-state index contributed by atoms with van der Waals surface area (Å²) in [7, 11) is 0. The molecule has 12 nitrogen and oxygen atoms in total. The maximum atomic E-state index is 11.6. The molecule has 14 heteroatoms. The number of aliphatic hydroxyl groups excluding tert-OH is 1. The first-order valence-electron chi connectivity index (χ1n) is 10.2. The Morgan fingerprint density at radius 1 is 1.08 bits per heavy atom. The largest absolute Gasteiger partial charge is 0.502 e. The van der Waals surface area contributed by atoms with E-state index in [4.69, 9.17) is 47.9 Å². The van der Waals surface area contributed by atoms with Gasteiger partial charge in [0.15, 0.2) is 17.4 Å². The highest BCUT2D eigenvalue weighted by Crippen LogP contribution is 2.30. The highest BCUT2D eigenvalue weighted by molar-refractivity contribution is 6.44. The summed E-state index contributed by atoms with van der Waals surface area (Å²) >= 11 is 10.5. The van der Waals surface area contributed by atoms with Crippen molar-refractivity contribution in [3.63, 3.8) is 0 Å². The molecule has 1 aliphatic rings. The van der Waals surface area contributed by atoms with Gasteiger partial charge in [0.2, 0.25) is 0 Å². The monoisotopic (exact) mass is 548 g/mol. The minimum Gasteiger partial charge on any atom is -0.502 e. The summed E-state index contributed by atoms with van der Waals surface area (Å²) in [5.41, 5.74) is 5.19. The third-order valence-corrected chi connectivity index (χ3v) is 4.68. The van der Waals surface area contributed by atoms with E-state index in [1.54, 1.807) is 12.1 Å². The number of hydrogen-bond donors (Lipinski definition) is 3. The van der Waals surface area contributed by atoms with E-state index in [2.05, 4.69) is 10.3 Å². The Labute approximate surface area is 218 Å². The molecule has 2 aromatic heterocycles. The van der Waals surface area contributed by atoms with Gasteiger partial charge in [0.25, 0.3) is 11.7 Å². The van der Waals surface area contributed by atoms with Gasteiger partial charge in [0.05, 0.1) is 17.5 Å². The number of hydrogen-bond acceptors (Lipinski definition) is 10. The van der Waals surface area contributed by atoms with E-state index in [0.717, 1.165) is 5.76 Å². The number of nitrogen functional groups attached to an aromatic ring is 1. The third kappa shape index (κ3) is 9.70. The van der Waals surface area contributed by atoms with Gasteiger partial charge in [-0.15, -0.1) is 11.6 Å². The number of amides is 1. The van der Waals surface area contributed by atoms with Crippen molar-refractivity contribution in [3.05, 3.63) is 34.4 Å². The molecule has 3 rings (SSSR count). The molecule has 2 aromatic rings. The molecule has 0 spiro atoms. The number of Topliss-reactive ketones (excluding diaryl/α,β-unsaturated/α-hetero) is 1. The number of carbonyl (C=O) groups excluding carboxylic acids is 3. The van der Waals surface area contributed by atoms with E-state index in [0.29, 0.717) is 17.4 Å². The number of rotatable bonds is 3. The summed E-state index contributed by atoms with van der Waals surface area (Å²) in [5.74, 6) is -1.57. The Balaban J connectivity index is 0.000000549. The lowest BCUT2D eigenvalue weighted by Gasteiger charge is -2.13. The number of carboxylic acids is 1. The van der Waals surface area contributed by atoms with Gasteiger partial charge in [-0.25, -0.2) is 4.79 Å². The lowest BCUT2D eigenvalue weighted by atomic mass is 9.93. The molecule has 0 atom stereocenters. The number of alkyl halides is 1. The zero-order valence-electron chi connectivity index (χ0n) is 20.8. The number of aliphatic hydroxyl groups is 1. The van der Waals surface area contributed by atoms with Crippen LogP contribution < -0.4 is 10.6 Å².